The highest BCUT2D eigenvalue weighted by atomic mass is 16.5. The molecule has 2 amide bonds. The fourth-order valence-corrected chi connectivity index (χ4v) is 4.01. The number of carbonyl (C=O) groups excluding carboxylic acids is 2. The van der Waals surface area contributed by atoms with E-state index < -0.39 is 0 Å². The minimum Gasteiger partial charge on any atom is -0.481 e. The first-order chi connectivity index (χ1) is 14.1. The van der Waals surface area contributed by atoms with Gasteiger partial charge in [-0.2, -0.15) is 0 Å². The van der Waals surface area contributed by atoms with Crippen LogP contribution in [0.1, 0.15) is 42.5 Å². The van der Waals surface area contributed by atoms with Crippen LogP contribution in [0.3, 0.4) is 0 Å². The summed E-state index contributed by atoms with van der Waals surface area (Å²) in [6, 6.07) is 3.42. The molecule has 0 unspecified atom stereocenters. The van der Waals surface area contributed by atoms with Crippen LogP contribution >= 0.6 is 0 Å². The Hall–Kier alpha value is -2.19. The maximum Gasteiger partial charge on any atom is 0.255 e. The SMILES string of the molecule is COCCC1(NC(=O)C2CCOCC2)CCN(C(=O)c2ccc(OC)nc2)CC1. The molecule has 2 aliphatic rings. The Labute approximate surface area is 171 Å². The summed E-state index contributed by atoms with van der Waals surface area (Å²) in [4.78, 5) is 31.6. The van der Waals surface area contributed by atoms with Crippen molar-refractivity contribution >= 4 is 11.8 Å². The van der Waals surface area contributed by atoms with Crippen molar-refractivity contribution in [3.8, 4) is 5.88 Å². The molecule has 0 saturated carbocycles. The highest BCUT2D eigenvalue weighted by Gasteiger charge is 2.38. The highest BCUT2D eigenvalue weighted by Crippen LogP contribution is 2.28. The van der Waals surface area contributed by atoms with E-state index in [4.69, 9.17) is 14.2 Å². The van der Waals surface area contributed by atoms with E-state index in [-0.39, 0.29) is 23.3 Å². The predicted octanol–water partition coefficient (Wildman–Crippen LogP) is 1.64. The molecule has 29 heavy (non-hydrogen) atoms. The Morgan fingerprint density at radius 3 is 2.55 bits per heavy atom. The standard InChI is InChI=1S/C21H31N3O5/c1-27-14-9-21(23-19(25)16-5-12-29-13-6-16)7-10-24(11-8-21)20(26)17-3-4-18(28-2)22-15-17/h3-4,15-16H,5-14H2,1-2H3,(H,23,25). The van der Waals surface area contributed by atoms with Gasteiger partial charge in [-0.3, -0.25) is 9.59 Å². The molecule has 0 aromatic carbocycles. The van der Waals surface area contributed by atoms with E-state index in [0.717, 1.165) is 19.3 Å². The van der Waals surface area contributed by atoms with Crippen LogP contribution in [0, 0.1) is 5.92 Å². The molecule has 1 aromatic rings. The number of carbonyl (C=O) groups is 2. The largest absolute Gasteiger partial charge is 0.481 e. The molecule has 8 nitrogen and oxygen atoms in total. The van der Waals surface area contributed by atoms with E-state index in [0.29, 0.717) is 57.2 Å². The number of amides is 2. The number of pyridine rings is 1. The number of rotatable bonds is 7. The highest BCUT2D eigenvalue weighted by molar-refractivity contribution is 5.94. The molecule has 3 rings (SSSR count). The van der Waals surface area contributed by atoms with Gasteiger partial charge in [-0.25, -0.2) is 4.98 Å². The van der Waals surface area contributed by atoms with E-state index in [1.165, 1.54) is 0 Å². The smallest absolute Gasteiger partial charge is 0.255 e. The molecule has 0 radical (unpaired) electrons. The van der Waals surface area contributed by atoms with Crippen molar-refractivity contribution in [2.75, 3.05) is 47.1 Å². The quantitative estimate of drug-likeness (QED) is 0.742. The minimum atomic E-state index is -0.333. The van der Waals surface area contributed by atoms with Crippen molar-refractivity contribution in [1.82, 2.24) is 15.2 Å². The van der Waals surface area contributed by atoms with Crippen LogP contribution in [0.15, 0.2) is 18.3 Å². The maximum atomic E-state index is 12.8. The van der Waals surface area contributed by atoms with E-state index in [1.807, 2.05) is 4.90 Å². The van der Waals surface area contributed by atoms with Gasteiger partial charge in [0.15, 0.2) is 0 Å². The number of hydrogen-bond acceptors (Lipinski definition) is 6. The van der Waals surface area contributed by atoms with Crippen LogP contribution in [-0.4, -0.2) is 74.4 Å². The number of nitrogens with one attached hydrogen (secondary N) is 1. The first-order valence-electron chi connectivity index (χ1n) is 10.2. The summed E-state index contributed by atoms with van der Waals surface area (Å²) in [6.45, 7) is 3.03. The summed E-state index contributed by atoms with van der Waals surface area (Å²) in [7, 11) is 3.21. The van der Waals surface area contributed by atoms with Gasteiger partial charge in [0.1, 0.15) is 0 Å². The normalized spacial score (nSPS) is 19.6. The molecular weight excluding hydrogens is 374 g/mol. The van der Waals surface area contributed by atoms with Gasteiger partial charge in [-0.15, -0.1) is 0 Å². The van der Waals surface area contributed by atoms with Crippen molar-refractivity contribution in [3.05, 3.63) is 23.9 Å². The maximum absolute atomic E-state index is 12.8. The Morgan fingerprint density at radius 2 is 1.97 bits per heavy atom. The van der Waals surface area contributed by atoms with Gasteiger partial charge in [-0.1, -0.05) is 0 Å². The zero-order valence-electron chi connectivity index (χ0n) is 17.3. The molecule has 1 aromatic heterocycles. The molecular formula is C21H31N3O5. The van der Waals surface area contributed by atoms with Gasteiger partial charge < -0.3 is 24.4 Å². The Bertz CT molecular complexity index is 680. The lowest BCUT2D eigenvalue weighted by molar-refractivity contribution is -0.130. The third-order valence-corrected chi connectivity index (χ3v) is 5.97. The molecule has 0 aliphatic carbocycles. The summed E-state index contributed by atoms with van der Waals surface area (Å²) in [6.07, 6.45) is 5.23. The molecule has 2 fully saturated rings. The van der Waals surface area contributed by atoms with Crippen LogP contribution < -0.4 is 10.1 Å². The topological polar surface area (TPSA) is 90.0 Å². The summed E-state index contributed by atoms with van der Waals surface area (Å²) in [5, 5.41) is 3.31. The molecule has 0 atom stereocenters. The van der Waals surface area contributed by atoms with Crippen molar-refractivity contribution in [1.29, 1.82) is 0 Å². The first kappa shape index (κ1) is 21.5. The molecule has 1 N–H and O–H groups in total. The van der Waals surface area contributed by atoms with Gasteiger partial charge in [-0.05, 0) is 38.2 Å². The van der Waals surface area contributed by atoms with Crippen LogP contribution in [0.5, 0.6) is 5.88 Å². The number of aromatic nitrogens is 1. The number of methoxy groups -OCH3 is 2. The fraction of sp³-hybridized carbons (Fsp3) is 0.667. The van der Waals surface area contributed by atoms with Gasteiger partial charge in [0.25, 0.3) is 5.91 Å². The second kappa shape index (κ2) is 10.0. The average molecular weight is 405 g/mol. The lowest BCUT2D eigenvalue weighted by Crippen LogP contribution is -2.58. The van der Waals surface area contributed by atoms with Crippen molar-refractivity contribution < 1.29 is 23.8 Å². The zero-order valence-corrected chi connectivity index (χ0v) is 17.3. The molecule has 8 heteroatoms. The van der Waals surface area contributed by atoms with Crippen LogP contribution in [0.2, 0.25) is 0 Å². The van der Waals surface area contributed by atoms with Crippen molar-refractivity contribution in [2.45, 2.75) is 37.6 Å². The second-order valence-corrected chi connectivity index (χ2v) is 7.78. The van der Waals surface area contributed by atoms with Gasteiger partial charge in [0.2, 0.25) is 11.8 Å². The fourth-order valence-electron chi connectivity index (χ4n) is 4.01. The molecule has 2 aliphatic heterocycles. The predicted molar refractivity (Wildman–Crippen MR) is 107 cm³/mol. The molecule has 3 heterocycles. The van der Waals surface area contributed by atoms with Crippen molar-refractivity contribution in [2.24, 2.45) is 5.92 Å². The minimum absolute atomic E-state index is 0.00760. The molecule has 0 spiro atoms. The monoisotopic (exact) mass is 405 g/mol. The number of ether oxygens (including phenoxy) is 3. The average Bonchev–Trinajstić information content (AvgIpc) is 2.78. The van der Waals surface area contributed by atoms with Crippen LogP contribution in [0.25, 0.3) is 0 Å². The Balaban J connectivity index is 1.62. The van der Waals surface area contributed by atoms with Gasteiger partial charge in [0.05, 0.1) is 12.7 Å². The molecule has 0 bridgehead atoms. The lowest BCUT2D eigenvalue weighted by atomic mass is 9.83. The number of nitrogens with zero attached hydrogens (tertiary/aromatic N) is 2. The lowest BCUT2D eigenvalue weighted by Gasteiger charge is -2.43. The van der Waals surface area contributed by atoms with Crippen LogP contribution in [-0.2, 0) is 14.3 Å². The van der Waals surface area contributed by atoms with Crippen LogP contribution in [0.4, 0.5) is 0 Å². The van der Waals surface area contributed by atoms with E-state index in [9.17, 15) is 9.59 Å². The Kier molecular flexibility index (Phi) is 7.44. The molecule has 2 saturated heterocycles. The third-order valence-electron chi connectivity index (χ3n) is 5.97. The van der Waals surface area contributed by atoms with E-state index in [1.54, 1.807) is 32.5 Å². The van der Waals surface area contributed by atoms with Gasteiger partial charge >= 0.3 is 0 Å². The summed E-state index contributed by atoms with van der Waals surface area (Å²) < 4.78 is 15.7. The van der Waals surface area contributed by atoms with E-state index in [2.05, 4.69) is 10.3 Å². The van der Waals surface area contributed by atoms with Crippen molar-refractivity contribution in [3.63, 3.8) is 0 Å². The zero-order chi connectivity index (χ0) is 20.7. The summed E-state index contributed by atoms with van der Waals surface area (Å²) in [5.41, 5.74) is 0.210. The number of hydrogen-bond donors (Lipinski definition) is 1. The summed E-state index contributed by atoms with van der Waals surface area (Å²) in [5.74, 6) is 0.544. The summed E-state index contributed by atoms with van der Waals surface area (Å²) >= 11 is 0. The third kappa shape index (κ3) is 5.45. The molecule has 160 valence electrons. The van der Waals surface area contributed by atoms with E-state index >= 15 is 0 Å². The number of piperidine rings is 1. The number of likely N-dealkylation sites (tertiary alicyclic amines) is 1. The van der Waals surface area contributed by atoms with Gasteiger partial charge in [0, 0.05) is 63.7 Å². The first-order valence-corrected chi connectivity index (χ1v) is 10.2. The second-order valence-electron chi connectivity index (χ2n) is 7.78. The Morgan fingerprint density at radius 1 is 1.24 bits per heavy atom.